The zero-order valence-corrected chi connectivity index (χ0v) is 14.7. The van der Waals surface area contributed by atoms with Gasteiger partial charge in [0.2, 0.25) is 5.91 Å². The molecule has 0 aromatic heterocycles. The molecule has 1 amide bonds. The fourth-order valence-electron chi connectivity index (χ4n) is 4.13. The Balaban J connectivity index is 1.81. The first kappa shape index (κ1) is 17.1. The van der Waals surface area contributed by atoms with Crippen LogP contribution in [0.4, 0.5) is 0 Å². The largest absolute Gasteiger partial charge is 0.497 e. The fraction of sp³-hybridized carbons (Fsp3) is 0.632. The first-order valence-corrected chi connectivity index (χ1v) is 8.92. The standard InChI is InChI=1S/C19H28N2O3/c1-23-15-8-9-16(18(12-15)24-2)17-7-4-10-21(17)19(22)13-5-3-6-14(20)11-13/h8-9,12-14,17H,3-7,10-11,20H2,1-2H3. The highest BCUT2D eigenvalue weighted by molar-refractivity contribution is 5.80. The number of ether oxygens (including phenoxy) is 2. The Labute approximate surface area is 144 Å². The van der Waals surface area contributed by atoms with E-state index in [1.807, 2.05) is 23.1 Å². The van der Waals surface area contributed by atoms with Gasteiger partial charge in [-0.1, -0.05) is 6.42 Å². The molecule has 3 rings (SSSR count). The quantitative estimate of drug-likeness (QED) is 0.921. The number of nitrogens with zero attached hydrogens (tertiary/aromatic N) is 1. The molecule has 5 nitrogen and oxygen atoms in total. The predicted octanol–water partition coefficient (Wildman–Crippen LogP) is 2.88. The van der Waals surface area contributed by atoms with Crippen LogP contribution in [0.5, 0.6) is 11.5 Å². The molecule has 0 spiro atoms. The number of carbonyl (C=O) groups is 1. The number of carbonyl (C=O) groups excluding carboxylic acids is 1. The summed E-state index contributed by atoms with van der Waals surface area (Å²) in [6.45, 7) is 0.824. The van der Waals surface area contributed by atoms with Gasteiger partial charge in [-0.05, 0) is 44.2 Å². The van der Waals surface area contributed by atoms with Crippen LogP contribution in [-0.2, 0) is 4.79 Å². The number of benzene rings is 1. The minimum Gasteiger partial charge on any atom is -0.497 e. The van der Waals surface area contributed by atoms with Crippen molar-refractivity contribution >= 4 is 5.91 Å². The SMILES string of the molecule is COc1ccc(C2CCCN2C(=O)C2CCCC(N)C2)c(OC)c1. The Hall–Kier alpha value is -1.75. The van der Waals surface area contributed by atoms with Gasteiger partial charge in [-0.15, -0.1) is 0 Å². The molecular formula is C19H28N2O3. The van der Waals surface area contributed by atoms with Gasteiger partial charge >= 0.3 is 0 Å². The molecule has 24 heavy (non-hydrogen) atoms. The molecule has 5 heteroatoms. The minimum atomic E-state index is 0.0820. The summed E-state index contributed by atoms with van der Waals surface area (Å²) in [6.07, 6.45) is 5.90. The first-order chi connectivity index (χ1) is 11.6. The normalized spacial score (nSPS) is 27.1. The van der Waals surface area contributed by atoms with Crippen molar-refractivity contribution in [3.8, 4) is 11.5 Å². The number of hydrogen-bond donors (Lipinski definition) is 1. The number of amides is 1. The van der Waals surface area contributed by atoms with Gasteiger partial charge in [0.1, 0.15) is 11.5 Å². The van der Waals surface area contributed by atoms with Crippen LogP contribution in [0, 0.1) is 5.92 Å². The van der Waals surface area contributed by atoms with Crippen LogP contribution in [0.15, 0.2) is 18.2 Å². The van der Waals surface area contributed by atoms with E-state index in [9.17, 15) is 4.79 Å². The summed E-state index contributed by atoms with van der Waals surface area (Å²) in [7, 11) is 3.31. The third-order valence-corrected chi connectivity index (χ3v) is 5.40. The molecule has 1 saturated heterocycles. The van der Waals surface area contributed by atoms with E-state index in [-0.39, 0.29) is 23.9 Å². The monoisotopic (exact) mass is 332 g/mol. The van der Waals surface area contributed by atoms with Crippen LogP contribution >= 0.6 is 0 Å². The molecule has 1 aromatic carbocycles. The Bertz CT molecular complexity index is 590. The highest BCUT2D eigenvalue weighted by atomic mass is 16.5. The van der Waals surface area contributed by atoms with Crippen LogP contribution in [-0.4, -0.2) is 37.6 Å². The molecule has 2 N–H and O–H groups in total. The van der Waals surface area contributed by atoms with Gasteiger partial charge in [-0.2, -0.15) is 0 Å². The van der Waals surface area contributed by atoms with Crippen molar-refractivity contribution in [1.82, 2.24) is 4.90 Å². The molecule has 3 unspecified atom stereocenters. The maximum atomic E-state index is 13.1. The van der Waals surface area contributed by atoms with Gasteiger partial charge in [0.25, 0.3) is 0 Å². The van der Waals surface area contributed by atoms with Crippen LogP contribution in [0.1, 0.15) is 50.1 Å². The lowest BCUT2D eigenvalue weighted by Crippen LogP contribution is -2.40. The van der Waals surface area contributed by atoms with Crippen molar-refractivity contribution in [2.24, 2.45) is 11.7 Å². The highest BCUT2D eigenvalue weighted by Crippen LogP contribution is 2.40. The smallest absolute Gasteiger partial charge is 0.226 e. The Morgan fingerprint density at radius 3 is 2.71 bits per heavy atom. The van der Waals surface area contributed by atoms with Crippen LogP contribution in [0.2, 0.25) is 0 Å². The molecule has 2 aliphatic rings. The molecule has 1 aliphatic carbocycles. The second-order valence-electron chi connectivity index (χ2n) is 6.92. The summed E-state index contributed by atoms with van der Waals surface area (Å²) in [5.41, 5.74) is 7.15. The Morgan fingerprint density at radius 1 is 1.17 bits per heavy atom. The van der Waals surface area contributed by atoms with Crippen molar-refractivity contribution in [1.29, 1.82) is 0 Å². The molecule has 1 heterocycles. The van der Waals surface area contributed by atoms with E-state index in [0.29, 0.717) is 0 Å². The molecule has 2 fully saturated rings. The number of likely N-dealkylation sites (tertiary alicyclic amines) is 1. The van der Waals surface area contributed by atoms with Gasteiger partial charge in [-0.3, -0.25) is 4.79 Å². The Kier molecular flexibility index (Phi) is 5.29. The van der Waals surface area contributed by atoms with Gasteiger partial charge in [-0.25, -0.2) is 0 Å². The molecular weight excluding hydrogens is 304 g/mol. The highest BCUT2D eigenvalue weighted by Gasteiger charge is 2.36. The topological polar surface area (TPSA) is 64.8 Å². The lowest BCUT2D eigenvalue weighted by molar-refractivity contribution is -0.137. The zero-order valence-electron chi connectivity index (χ0n) is 14.7. The lowest BCUT2D eigenvalue weighted by Gasteiger charge is -2.33. The summed E-state index contributed by atoms with van der Waals surface area (Å²) < 4.78 is 10.8. The summed E-state index contributed by atoms with van der Waals surface area (Å²) in [5, 5.41) is 0. The number of rotatable bonds is 4. The molecule has 1 aliphatic heterocycles. The summed E-state index contributed by atoms with van der Waals surface area (Å²) in [4.78, 5) is 15.1. The number of hydrogen-bond acceptors (Lipinski definition) is 4. The molecule has 3 atom stereocenters. The number of methoxy groups -OCH3 is 2. The van der Waals surface area contributed by atoms with Gasteiger partial charge < -0.3 is 20.1 Å². The van der Waals surface area contributed by atoms with Crippen LogP contribution in [0.25, 0.3) is 0 Å². The van der Waals surface area contributed by atoms with E-state index in [1.54, 1.807) is 14.2 Å². The van der Waals surface area contributed by atoms with Crippen molar-refractivity contribution < 1.29 is 14.3 Å². The van der Waals surface area contributed by atoms with Gasteiger partial charge in [0.15, 0.2) is 0 Å². The van der Waals surface area contributed by atoms with Crippen LogP contribution < -0.4 is 15.2 Å². The molecule has 1 aromatic rings. The van der Waals surface area contributed by atoms with E-state index >= 15 is 0 Å². The molecule has 0 bridgehead atoms. The maximum Gasteiger partial charge on any atom is 0.226 e. The van der Waals surface area contributed by atoms with E-state index in [2.05, 4.69) is 0 Å². The Morgan fingerprint density at radius 2 is 2.00 bits per heavy atom. The maximum absolute atomic E-state index is 13.1. The van der Waals surface area contributed by atoms with E-state index < -0.39 is 0 Å². The second-order valence-corrected chi connectivity index (χ2v) is 6.92. The van der Waals surface area contributed by atoms with Gasteiger partial charge in [0.05, 0.1) is 20.3 Å². The molecule has 132 valence electrons. The van der Waals surface area contributed by atoms with E-state index in [4.69, 9.17) is 15.2 Å². The first-order valence-electron chi connectivity index (χ1n) is 8.92. The number of nitrogens with two attached hydrogens (primary N) is 1. The molecule has 0 radical (unpaired) electrons. The van der Waals surface area contributed by atoms with E-state index in [1.165, 1.54) is 0 Å². The minimum absolute atomic E-state index is 0.0820. The fourth-order valence-corrected chi connectivity index (χ4v) is 4.13. The van der Waals surface area contributed by atoms with E-state index in [0.717, 1.165) is 62.1 Å². The summed E-state index contributed by atoms with van der Waals surface area (Å²) in [5.74, 6) is 1.91. The average Bonchev–Trinajstić information content (AvgIpc) is 3.09. The predicted molar refractivity (Wildman–Crippen MR) is 93.2 cm³/mol. The third kappa shape index (κ3) is 3.36. The van der Waals surface area contributed by atoms with Crippen molar-refractivity contribution in [3.05, 3.63) is 23.8 Å². The molecule has 1 saturated carbocycles. The average molecular weight is 332 g/mol. The van der Waals surface area contributed by atoms with Crippen molar-refractivity contribution in [3.63, 3.8) is 0 Å². The van der Waals surface area contributed by atoms with Crippen molar-refractivity contribution in [2.75, 3.05) is 20.8 Å². The lowest BCUT2D eigenvalue weighted by atomic mass is 9.85. The summed E-state index contributed by atoms with van der Waals surface area (Å²) >= 11 is 0. The second kappa shape index (κ2) is 7.43. The van der Waals surface area contributed by atoms with Crippen molar-refractivity contribution in [2.45, 2.75) is 50.6 Å². The van der Waals surface area contributed by atoms with Gasteiger partial charge in [0, 0.05) is 30.1 Å². The van der Waals surface area contributed by atoms with Crippen LogP contribution in [0.3, 0.4) is 0 Å². The zero-order chi connectivity index (χ0) is 17.1. The third-order valence-electron chi connectivity index (χ3n) is 5.40. The summed E-state index contributed by atoms with van der Waals surface area (Å²) in [6, 6.07) is 6.13.